The number of carbonyl (C=O) groups excluding carboxylic acids is 1. The van der Waals surface area contributed by atoms with Crippen LogP contribution in [0.5, 0.6) is 11.5 Å². The Bertz CT molecular complexity index is 1580. The molecule has 2 heterocycles. The highest BCUT2D eigenvalue weighted by Gasteiger charge is 2.46. The molecule has 1 aliphatic carbocycles. The van der Waals surface area contributed by atoms with Gasteiger partial charge in [-0.25, -0.2) is 4.98 Å². The molecule has 256 valence electrons. The number of benzene rings is 2. The summed E-state index contributed by atoms with van der Waals surface area (Å²) in [5, 5.41) is 28.4. The SMILES string of the molecule is CNC(=N)c1ccc2c(c1)nc(COc1ccc(OC3CCN(C(C)=N)CC3)cc1)n2C(N)(C(C)=O)[C@H]1CC[C@H](C(=O)O)CC1.Cl.Cl. The number of ketones is 1. The van der Waals surface area contributed by atoms with Crippen molar-refractivity contribution in [1.82, 2.24) is 19.8 Å². The van der Waals surface area contributed by atoms with Crippen LogP contribution in [0.1, 0.15) is 63.8 Å². The number of hydrogen-bond acceptors (Lipinski definition) is 8. The smallest absolute Gasteiger partial charge is 0.306 e. The molecule has 1 aromatic heterocycles. The zero-order valence-corrected chi connectivity index (χ0v) is 28.6. The van der Waals surface area contributed by atoms with Gasteiger partial charge >= 0.3 is 5.97 Å². The number of aliphatic carboxylic acids is 1. The minimum absolute atomic E-state index is 0. The van der Waals surface area contributed by atoms with Crippen LogP contribution in [0.2, 0.25) is 0 Å². The fourth-order valence-electron chi connectivity index (χ4n) is 6.61. The van der Waals surface area contributed by atoms with Crippen LogP contribution >= 0.6 is 24.8 Å². The van der Waals surface area contributed by atoms with Crippen molar-refractivity contribution in [3.63, 3.8) is 0 Å². The van der Waals surface area contributed by atoms with E-state index in [0.29, 0.717) is 59.7 Å². The molecule has 14 heteroatoms. The molecule has 0 radical (unpaired) electrons. The molecule has 5 rings (SSSR count). The van der Waals surface area contributed by atoms with Gasteiger partial charge in [-0.05, 0) is 82.0 Å². The Hall–Kier alpha value is -3.87. The molecule has 1 unspecified atom stereocenters. The number of amidine groups is 2. The molecule has 3 aromatic rings. The van der Waals surface area contributed by atoms with Crippen molar-refractivity contribution >= 4 is 59.3 Å². The van der Waals surface area contributed by atoms with Gasteiger partial charge in [-0.15, -0.1) is 24.8 Å². The zero-order chi connectivity index (χ0) is 32.3. The van der Waals surface area contributed by atoms with Gasteiger partial charge in [0.05, 0.1) is 22.8 Å². The van der Waals surface area contributed by atoms with Gasteiger partial charge < -0.3 is 30.5 Å². The number of imidazole rings is 1. The van der Waals surface area contributed by atoms with E-state index in [2.05, 4.69) is 10.2 Å². The van der Waals surface area contributed by atoms with Crippen molar-refractivity contribution in [3.05, 3.63) is 53.9 Å². The van der Waals surface area contributed by atoms with Crippen molar-refractivity contribution in [2.75, 3.05) is 20.1 Å². The monoisotopic (exact) mass is 689 g/mol. The summed E-state index contributed by atoms with van der Waals surface area (Å²) >= 11 is 0. The minimum atomic E-state index is -1.46. The summed E-state index contributed by atoms with van der Waals surface area (Å²) in [6.07, 6.45) is 3.70. The average molecular weight is 691 g/mol. The fourth-order valence-corrected chi connectivity index (χ4v) is 6.61. The molecule has 6 N–H and O–H groups in total. The normalized spacial score (nSPS) is 19.4. The van der Waals surface area contributed by atoms with Crippen LogP contribution < -0.4 is 20.5 Å². The van der Waals surface area contributed by atoms with E-state index in [1.54, 1.807) is 23.7 Å². The molecule has 2 fully saturated rings. The summed E-state index contributed by atoms with van der Waals surface area (Å²) < 4.78 is 14.1. The number of nitrogens with two attached hydrogens (primary N) is 1. The molecule has 1 saturated carbocycles. The third-order valence-electron chi connectivity index (χ3n) is 9.31. The van der Waals surface area contributed by atoms with Crippen molar-refractivity contribution in [2.24, 2.45) is 17.6 Å². The molecule has 2 aliphatic rings. The molecule has 0 spiro atoms. The lowest BCUT2D eigenvalue weighted by molar-refractivity contribution is -0.143. The summed E-state index contributed by atoms with van der Waals surface area (Å²) in [6.45, 7) is 4.93. The molecule has 12 nitrogen and oxygen atoms in total. The lowest BCUT2D eigenvalue weighted by atomic mass is 9.74. The van der Waals surface area contributed by atoms with Gasteiger partial charge in [-0.2, -0.15) is 0 Å². The Morgan fingerprint density at radius 2 is 1.62 bits per heavy atom. The van der Waals surface area contributed by atoms with Gasteiger partial charge in [0, 0.05) is 44.5 Å². The van der Waals surface area contributed by atoms with E-state index in [0.717, 1.165) is 31.7 Å². The Labute approximate surface area is 287 Å². The molecule has 1 aliphatic heterocycles. The Morgan fingerprint density at radius 1 is 1.00 bits per heavy atom. The molecular formula is C33H45Cl2N7O5. The maximum atomic E-state index is 13.4. The largest absolute Gasteiger partial charge is 0.490 e. The van der Waals surface area contributed by atoms with Crippen molar-refractivity contribution in [3.8, 4) is 11.5 Å². The predicted molar refractivity (Wildman–Crippen MR) is 185 cm³/mol. The number of carbonyl (C=O) groups is 2. The maximum absolute atomic E-state index is 13.4. The van der Waals surface area contributed by atoms with Gasteiger partial charge in [-0.1, -0.05) is 0 Å². The summed E-state index contributed by atoms with van der Waals surface area (Å²) in [7, 11) is 1.68. The number of hydrogen-bond donors (Lipinski definition) is 5. The second-order valence-electron chi connectivity index (χ2n) is 12.1. The molecule has 2 aromatic carbocycles. The Kier molecular flexibility index (Phi) is 12.6. The van der Waals surface area contributed by atoms with E-state index in [4.69, 9.17) is 31.0 Å². The third-order valence-corrected chi connectivity index (χ3v) is 9.31. The first-order valence-electron chi connectivity index (χ1n) is 15.5. The first kappa shape index (κ1) is 37.6. The number of carboxylic acids is 1. The topological polar surface area (TPSA) is 180 Å². The average Bonchev–Trinajstić information content (AvgIpc) is 3.42. The number of aromatic nitrogens is 2. The van der Waals surface area contributed by atoms with Crippen LogP contribution in [0.25, 0.3) is 11.0 Å². The minimum Gasteiger partial charge on any atom is -0.490 e. The molecule has 47 heavy (non-hydrogen) atoms. The van der Waals surface area contributed by atoms with E-state index < -0.39 is 17.6 Å². The van der Waals surface area contributed by atoms with E-state index in [1.807, 2.05) is 37.3 Å². The zero-order valence-electron chi connectivity index (χ0n) is 27.0. The highest BCUT2D eigenvalue weighted by Crippen LogP contribution is 2.40. The fraction of sp³-hybridized carbons (Fsp3) is 0.485. The van der Waals surface area contributed by atoms with E-state index >= 15 is 0 Å². The van der Waals surface area contributed by atoms with Crippen LogP contribution in [0.15, 0.2) is 42.5 Å². The lowest BCUT2D eigenvalue weighted by Gasteiger charge is -2.41. The Morgan fingerprint density at radius 3 is 2.17 bits per heavy atom. The number of likely N-dealkylation sites (tertiary alicyclic amines) is 1. The van der Waals surface area contributed by atoms with Gasteiger partial charge in [0.25, 0.3) is 0 Å². The van der Waals surface area contributed by atoms with Gasteiger partial charge in [0.1, 0.15) is 35.9 Å². The van der Waals surface area contributed by atoms with Crippen LogP contribution in [-0.2, 0) is 21.9 Å². The highest BCUT2D eigenvalue weighted by atomic mass is 35.5. The van der Waals surface area contributed by atoms with E-state index in [1.165, 1.54) is 6.92 Å². The van der Waals surface area contributed by atoms with Crippen molar-refractivity contribution < 1.29 is 24.2 Å². The summed E-state index contributed by atoms with van der Waals surface area (Å²) in [5.41, 5.74) is 7.49. The number of nitrogens with zero attached hydrogens (tertiary/aromatic N) is 3. The summed E-state index contributed by atoms with van der Waals surface area (Å²) in [6, 6.07) is 12.8. The van der Waals surface area contributed by atoms with E-state index in [-0.39, 0.29) is 55.1 Å². The Balaban J connectivity index is 0.00000300. The highest BCUT2D eigenvalue weighted by molar-refractivity contribution is 5.99. The number of fused-ring (bicyclic) bond motifs is 1. The lowest BCUT2D eigenvalue weighted by Crippen LogP contribution is -2.56. The number of ether oxygens (including phenoxy) is 2. The number of carboxylic acid groups (broad SMARTS) is 1. The van der Waals surface area contributed by atoms with E-state index in [9.17, 15) is 14.7 Å². The second kappa shape index (κ2) is 15.8. The molecule has 1 atom stereocenters. The second-order valence-corrected chi connectivity index (χ2v) is 12.1. The predicted octanol–water partition coefficient (Wildman–Crippen LogP) is 4.94. The maximum Gasteiger partial charge on any atom is 0.306 e. The van der Waals surface area contributed by atoms with Gasteiger partial charge in [-0.3, -0.25) is 25.0 Å². The molecule has 0 amide bonds. The molecular weight excluding hydrogens is 645 g/mol. The molecule has 1 saturated heterocycles. The number of nitrogens with one attached hydrogen (secondary N) is 3. The summed E-state index contributed by atoms with van der Waals surface area (Å²) in [4.78, 5) is 31.9. The van der Waals surface area contributed by atoms with Crippen LogP contribution in [0, 0.1) is 22.7 Å². The third kappa shape index (κ3) is 7.99. The first-order chi connectivity index (χ1) is 21.5. The van der Waals surface area contributed by atoms with Gasteiger partial charge in [0.15, 0.2) is 11.4 Å². The van der Waals surface area contributed by atoms with Gasteiger partial charge in [0.2, 0.25) is 0 Å². The van der Waals surface area contributed by atoms with Crippen LogP contribution in [0.3, 0.4) is 0 Å². The van der Waals surface area contributed by atoms with Crippen LogP contribution in [-0.4, -0.2) is 69.2 Å². The number of Topliss-reactive ketones (excluding diaryl/α,β-unsaturated/α-hetero) is 1. The van der Waals surface area contributed by atoms with Crippen molar-refractivity contribution in [1.29, 1.82) is 10.8 Å². The van der Waals surface area contributed by atoms with Crippen LogP contribution in [0.4, 0.5) is 0 Å². The number of rotatable bonds is 10. The molecule has 0 bridgehead atoms. The quantitative estimate of drug-likeness (QED) is 0.146. The van der Waals surface area contributed by atoms with Crippen molar-refractivity contribution in [2.45, 2.75) is 70.7 Å². The summed E-state index contributed by atoms with van der Waals surface area (Å²) in [5.74, 6) is 0.835. The standard InChI is InChI=1S/C33H43N7O5.2ClH/c1-20(41)33(36,24-7-4-22(5-8-24)32(42)43)40-29-13-6-23(31(35)37-3)18-28(29)38-30(40)19-44-25-9-11-26(12-10-25)45-27-14-16-39(17-15-27)21(2)34;;/h6,9-13,18,22,24,27,34H,4-5,7-8,14-17,19,36H2,1-3H3,(H2,35,37)(H,42,43);2*1H/t22-,24-,33?;;. The number of piperidine rings is 1. The number of halogens is 2. The first-order valence-corrected chi connectivity index (χ1v) is 15.5.